The highest BCUT2D eigenvalue weighted by atomic mass is 79.9. The molecule has 2 N–H and O–H groups in total. The number of rotatable bonds is 10. The van der Waals surface area contributed by atoms with Crippen LogP contribution in [0.2, 0.25) is 10.0 Å². The maximum Gasteiger partial charge on any atom is 0.265 e. The summed E-state index contributed by atoms with van der Waals surface area (Å²) in [4.78, 5) is 12.7. The monoisotopic (exact) mass is 598 g/mol. The number of halogens is 3. The maximum absolute atomic E-state index is 13.4. The molecule has 1 unspecified atom stereocenters. The Labute approximate surface area is 224 Å². The number of carbonyl (C=O) groups is 1. The number of aliphatic hydroxyl groups is 1. The molecular weight excluding hydrogens is 575 g/mol. The number of hydrogen-bond acceptors (Lipinski definition) is 4. The van der Waals surface area contributed by atoms with Crippen LogP contribution in [0.25, 0.3) is 0 Å². The zero-order valence-electron chi connectivity index (χ0n) is 18.9. The second-order valence-electron chi connectivity index (χ2n) is 7.86. The molecule has 0 heterocycles. The first-order valence-corrected chi connectivity index (χ1v) is 13.9. The highest BCUT2D eigenvalue weighted by Crippen LogP contribution is 2.32. The van der Waals surface area contributed by atoms with Gasteiger partial charge in [0, 0.05) is 30.1 Å². The molecule has 6 nitrogen and oxygen atoms in total. The number of amides is 1. The summed E-state index contributed by atoms with van der Waals surface area (Å²) in [5, 5.41) is 12.5. The molecule has 0 aliphatic rings. The van der Waals surface area contributed by atoms with Gasteiger partial charge in [0.25, 0.3) is 15.9 Å². The van der Waals surface area contributed by atoms with Gasteiger partial charge in [-0.15, -0.1) is 0 Å². The molecule has 0 aliphatic carbocycles. The Kier molecular flexibility index (Phi) is 9.61. The summed E-state index contributed by atoms with van der Waals surface area (Å²) in [6.45, 7) is 1.92. The highest BCUT2D eigenvalue weighted by molar-refractivity contribution is 9.10. The van der Waals surface area contributed by atoms with E-state index in [2.05, 4.69) is 21.2 Å². The number of aliphatic hydroxyl groups excluding tert-OH is 1. The van der Waals surface area contributed by atoms with Gasteiger partial charge in [-0.25, -0.2) is 8.42 Å². The van der Waals surface area contributed by atoms with E-state index in [1.165, 1.54) is 16.4 Å². The Morgan fingerprint density at radius 3 is 2.40 bits per heavy atom. The number of nitrogens with zero attached hydrogens (tertiary/aromatic N) is 1. The number of sulfonamides is 1. The summed E-state index contributed by atoms with van der Waals surface area (Å²) in [5.74, 6) is -0.797. The van der Waals surface area contributed by atoms with Crippen LogP contribution in [0.5, 0.6) is 0 Å². The van der Waals surface area contributed by atoms with Gasteiger partial charge >= 0.3 is 0 Å². The normalized spacial score (nSPS) is 12.3. The predicted octanol–water partition coefficient (Wildman–Crippen LogP) is 5.55. The fourth-order valence-corrected chi connectivity index (χ4v) is 6.39. The van der Waals surface area contributed by atoms with Crippen LogP contribution in [0.3, 0.4) is 0 Å². The van der Waals surface area contributed by atoms with Crippen molar-refractivity contribution in [2.24, 2.45) is 5.92 Å². The molecule has 3 rings (SSSR count). The molecule has 0 radical (unpaired) electrons. The van der Waals surface area contributed by atoms with E-state index in [0.29, 0.717) is 12.1 Å². The van der Waals surface area contributed by atoms with E-state index in [0.717, 1.165) is 10.0 Å². The standard InChI is InChI=1S/C25H25BrCl2N2O4S/c1-2-30(20-9-4-3-5-10-20)35(33,34)24-13-21(22(27)14-23(24)28)25(32)29-15-18(16-31)11-17-7-6-8-19(26)12-17/h3-10,12-14,18,31H,2,11,15-16H2,1H3,(H,29,32). The van der Waals surface area contributed by atoms with Crippen LogP contribution in [0, 0.1) is 5.92 Å². The van der Waals surface area contributed by atoms with Gasteiger partial charge in [0.1, 0.15) is 4.90 Å². The average molecular weight is 600 g/mol. The number of nitrogens with one attached hydrogen (secondary N) is 1. The van der Waals surface area contributed by atoms with Gasteiger partial charge in [-0.05, 0) is 55.3 Å². The lowest BCUT2D eigenvalue weighted by molar-refractivity contribution is 0.0940. The van der Waals surface area contributed by atoms with Crippen molar-refractivity contribution < 1.29 is 18.3 Å². The Morgan fingerprint density at radius 1 is 1.06 bits per heavy atom. The van der Waals surface area contributed by atoms with E-state index in [1.54, 1.807) is 37.3 Å². The minimum Gasteiger partial charge on any atom is -0.396 e. The summed E-state index contributed by atoms with van der Waals surface area (Å²) in [5.41, 5.74) is 1.47. The minimum atomic E-state index is -4.07. The first kappa shape index (κ1) is 27.5. The van der Waals surface area contributed by atoms with Crippen molar-refractivity contribution in [1.82, 2.24) is 5.32 Å². The van der Waals surface area contributed by atoms with Gasteiger partial charge in [-0.2, -0.15) is 0 Å². The van der Waals surface area contributed by atoms with E-state index in [1.807, 2.05) is 24.3 Å². The maximum atomic E-state index is 13.4. The van der Waals surface area contributed by atoms with Gasteiger partial charge in [0.05, 0.1) is 21.3 Å². The summed E-state index contributed by atoms with van der Waals surface area (Å²) < 4.78 is 29.0. The Hall–Kier alpha value is -2.10. The van der Waals surface area contributed by atoms with Crippen molar-refractivity contribution in [2.75, 3.05) is 24.0 Å². The topological polar surface area (TPSA) is 86.7 Å². The van der Waals surface area contributed by atoms with Gasteiger partial charge in [0.2, 0.25) is 0 Å². The molecule has 10 heteroatoms. The fraction of sp³-hybridized carbons (Fsp3) is 0.240. The first-order chi connectivity index (χ1) is 16.7. The molecule has 0 saturated carbocycles. The van der Waals surface area contributed by atoms with Crippen LogP contribution >= 0.6 is 39.1 Å². The second-order valence-corrected chi connectivity index (χ2v) is 11.4. The number of benzene rings is 3. The number of para-hydroxylation sites is 1. The molecule has 0 bridgehead atoms. The molecule has 186 valence electrons. The van der Waals surface area contributed by atoms with Crippen molar-refractivity contribution in [1.29, 1.82) is 0 Å². The lowest BCUT2D eigenvalue weighted by atomic mass is 10.00. The summed E-state index contributed by atoms with van der Waals surface area (Å²) in [6.07, 6.45) is 0.548. The van der Waals surface area contributed by atoms with Gasteiger partial charge in [0.15, 0.2) is 0 Å². The minimum absolute atomic E-state index is 0.0158. The molecular formula is C25H25BrCl2N2O4S. The molecule has 0 aliphatic heterocycles. The lowest BCUT2D eigenvalue weighted by Gasteiger charge is -2.24. The van der Waals surface area contributed by atoms with Crippen LogP contribution < -0.4 is 9.62 Å². The van der Waals surface area contributed by atoms with E-state index >= 15 is 0 Å². The Bertz CT molecular complexity index is 1290. The van der Waals surface area contributed by atoms with Gasteiger partial charge in [-0.1, -0.05) is 69.5 Å². The SMILES string of the molecule is CCN(c1ccccc1)S(=O)(=O)c1cc(C(=O)NCC(CO)Cc2cccc(Br)c2)c(Cl)cc1Cl. The molecule has 0 fully saturated rings. The van der Waals surface area contributed by atoms with Crippen molar-refractivity contribution in [3.05, 3.63) is 92.4 Å². The van der Waals surface area contributed by atoms with Crippen molar-refractivity contribution >= 4 is 60.7 Å². The third kappa shape index (κ3) is 6.77. The smallest absolute Gasteiger partial charge is 0.265 e. The molecule has 0 spiro atoms. The van der Waals surface area contributed by atoms with E-state index in [-0.39, 0.29) is 46.1 Å². The molecule has 3 aromatic carbocycles. The summed E-state index contributed by atoms with van der Waals surface area (Å²) in [6, 6.07) is 18.8. The molecule has 35 heavy (non-hydrogen) atoms. The van der Waals surface area contributed by atoms with Gasteiger partial charge in [-0.3, -0.25) is 9.10 Å². The van der Waals surface area contributed by atoms with Crippen LogP contribution in [0.1, 0.15) is 22.8 Å². The number of anilines is 1. The Balaban J connectivity index is 1.83. The number of carbonyl (C=O) groups excluding carboxylic acids is 1. The third-order valence-corrected chi connectivity index (χ3v) is 8.56. The summed E-state index contributed by atoms with van der Waals surface area (Å²) >= 11 is 16.0. The highest BCUT2D eigenvalue weighted by Gasteiger charge is 2.28. The quantitative estimate of drug-likeness (QED) is 0.320. The van der Waals surface area contributed by atoms with E-state index in [9.17, 15) is 18.3 Å². The molecule has 0 saturated heterocycles. The first-order valence-electron chi connectivity index (χ1n) is 10.9. The van der Waals surface area contributed by atoms with E-state index < -0.39 is 15.9 Å². The van der Waals surface area contributed by atoms with Crippen LogP contribution in [0.4, 0.5) is 5.69 Å². The van der Waals surface area contributed by atoms with Crippen LogP contribution in [-0.4, -0.2) is 39.1 Å². The van der Waals surface area contributed by atoms with Crippen molar-refractivity contribution in [3.63, 3.8) is 0 Å². The van der Waals surface area contributed by atoms with Crippen LogP contribution in [-0.2, 0) is 16.4 Å². The molecule has 1 amide bonds. The zero-order valence-corrected chi connectivity index (χ0v) is 22.8. The largest absolute Gasteiger partial charge is 0.396 e. The molecule has 3 aromatic rings. The lowest BCUT2D eigenvalue weighted by Crippen LogP contribution is -2.33. The summed E-state index contributed by atoms with van der Waals surface area (Å²) in [7, 11) is -4.07. The van der Waals surface area contributed by atoms with Crippen LogP contribution in [0.15, 0.2) is 76.1 Å². The third-order valence-electron chi connectivity index (χ3n) is 5.39. The molecule has 1 atom stereocenters. The Morgan fingerprint density at radius 2 is 1.77 bits per heavy atom. The average Bonchev–Trinajstić information content (AvgIpc) is 2.82. The van der Waals surface area contributed by atoms with Crippen molar-refractivity contribution in [2.45, 2.75) is 18.2 Å². The number of hydrogen-bond donors (Lipinski definition) is 2. The zero-order chi connectivity index (χ0) is 25.6. The fourth-order valence-electron chi connectivity index (χ4n) is 3.64. The van der Waals surface area contributed by atoms with Gasteiger partial charge < -0.3 is 10.4 Å². The molecule has 0 aromatic heterocycles. The van der Waals surface area contributed by atoms with Crippen molar-refractivity contribution in [3.8, 4) is 0 Å². The van der Waals surface area contributed by atoms with E-state index in [4.69, 9.17) is 23.2 Å². The predicted molar refractivity (Wildman–Crippen MR) is 144 cm³/mol. The second kappa shape index (κ2) is 12.2.